The molecule has 0 saturated heterocycles. The predicted octanol–water partition coefficient (Wildman–Crippen LogP) is 3.11. The number of nitrogens with zero attached hydrogens (tertiary/aromatic N) is 1. The van der Waals surface area contributed by atoms with Crippen LogP contribution in [-0.2, 0) is 17.3 Å². The van der Waals surface area contributed by atoms with Gasteiger partial charge in [-0.05, 0) is 25.5 Å². The molecule has 1 aromatic carbocycles. The fourth-order valence-corrected chi connectivity index (χ4v) is 2.94. The molecule has 4 nitrogen and oxygen atoms in total. The highest BCUT2D eigenvalue weighted by atomic mass is 19.4. The van der Waals surface area contributed by atoms with Crippen LogP contribution in [0.15, 0.2) is 18.2 Å². The van der Waals surface area contributed by atoms with Gasteiger partial charge in [0.15, 0.2) is 0 Å². The van der Waals surface area contributed by atoms with Gasteiger partial charge in [-0.1, -0.05) is 0 Å². The molecule has 0 aromatic heterocycles. The minimum absolute atomic E-state index is 0.116. The molecule has 22 heavy (non-hydrogen) atoms. The van der Waals surface area contributed by atoms with Gasteiger partial charge in [-0.3, -0.25) is 0 Å². The van der Waals surface area contributed by atoms with Crippen LogP contribution in [0.1, 0.15) is 24.5 Å². The third-order valence-corrected chi connectivity index (χ3v) is 4.06. The first-order valence-electron chi connectivity index (χ1n) is 7.21. The SMILES string of the molecule is CC[N@@+]1(C(=O)OCCO)CCCc2cc(C(F)(F)F)ccc21. The standard InChI is InChI=1S/C15H19F3NO3/c1-2-19(14(21)22-9-8-20)7-3-4-11-10-12(15(16,17)18)5-6-13(11)19/h5-6,10,20H,2-4,7-9H2,1H3/q+1/t19-/m1/s1. The molecule has 0 saturated carbocycles. The van der Waals surface area contributed by atoms with Crippen LogP contribution in [0.25, 0.3) is 0 Å². The first-order valence-corrected chi connectivity index (χ1v) is 7.21. The molecule has 7 heteroatoms. The topological polar surface area (TPSA) is 46.5 Å². The van der Waals surface area contributed by atoms with Crippen molar-refractivity contribution in [2.45, 2.75) is 25.9 Å². The van der Waals surface area contributed by atoms with Crippen LogP contribution < -0.4 is 4.48 Å². The molecule has 0 bridgehead atoms. The molecule has 1 aliphatic rings. The monoisotopic (exact) mass is 318 g/mol. The van der Waals surface area contributed by atoms with Gasteiger partial charge in [-0.15, -0.1) is 0 Å². The van der Waals surface area contributed by atoms with Crippen molar-refractivity contribution in [1.82, 2.24) is 4.48 Å². The van der Waals surface area contributed by atoms with Crippen molar-refractivity contribution in [3.63, 3.8) is 0 Å². The second-order valence-electron chi connectivity index (χ2n) is 5.29. The average molecular weight is 318 g/mol. The lowest BCUT2D eigenvalue weighted by atomic mass is 9.97. The van der Waals surface area contributed by atoms with E-state index in [1.54, 1.807) is 6.92 Å². The molecule has 1 amide bonds. The van der Waals surface area contributed by atoms with Crippen LogP contribution in [0, 0.1) is 0 Å². The van der Waals surface area contributed by atoms with E-state index >= 15 is 0 Å². The number of rotatable bonds is 3. The Morgan fingerprint density at radius 2 is 2.14 bits per heavy atom. The van der Waals surface area contributed by atoms with Crippen LogP contribution in [-0.4, -0.2) is 37.5 Å². The summed E-state index contributed by atoms with van der Waals surface area (Å²) in [7, 11) is 0. The maximum absolute atomic E-state index is 12.8. The van der Waals surface area contributed by atoms with E-state index in [9.17, 15) is 18.0 Å². The fourth-order valence-electron chi connectivity index (χ4n) is 2.94. The van der Waals surface area contributed by atoms with Crippen molar-refractivity contribution in [1.29, 1.82) is 0 Å². The average Bonchev–Trinajstić information content (AvgIpc) is 2.50. The maximum atomic E-state index is 12.8. The van der Waals surface area contributed by atoms with E-state index in [0.717, 1.165) is 12.1 Å². The minimum atomic E-state index is -4.40. The lowest BCUT2D eigenvalue weighted by Gasteiger charge is -2.37. The van der Waals surface area contributed by atoms with Gasteiger partial charge in [0.2, 0.25) is 0 Å². The number of aliphatic hydroxyl groups is 1. The molecule has 1 aromatic rings. The normalized spacial score (nSPS) is 21.3. The number of hydrogen-bond donors (Lipinski definition) is 1. The Labute approximate surface area is 126 Å². The van der Waals surface area contributed by atoms with Crippen molar-refractivity contribution < 1.29 is 27.8 Å². The maximum Gasteiger partial charge on any atom is 0.521 e. The van der Waals surface area contributed by atoms with E-state index in [-0.39, 0.29) is 17.7 Å². The predicted molar refractivity (Wildman–Crippen MR) is 75.4 cm³/mol. The van der Waals surface area contributed by atoms with E-state index in [1.807, 2.05) is 0 Å². The third-order valence-electron chi connectivity index (χ3n) is 4.06. The second kappa shape index (κ2) is 6.26. The zero-order chi connectivity index (χ0) is 16.4. The minimum Gasteiger partial charge on any atom is -0.417 e. The van der Waals surface area contributed by atoms with Gasteiger partial charge in [0.1, 0.15) is 12.3 Å². The zero-order valence-electron chi connectivity index (χ0n) is 12.3. The molecule has 0 unspecified atom stereocenters. The molecule has 122 valence electrons. The third kappa shape index (κ3) is 2.96. The lowest BCUT2D eigenvalue weighted by Crippen LogP contribution is -2.57. The lowest BCUT2D eigenvalue weighted by molar-refractivity contribution is -0.137. The summed E-state index contributed by atoms with van der Waals surface area (Å²) in [5, 5.41) is 8.78. The van der Waals surface area contributed by atoms with Crippen LogP contribution >= 0.6 is 0 Å². The number of aliphatic hydroxyl groups excluding tert-OH is 1. The molecule has 0 fully saturated rings. The Morgan fingerprint density at radius 3 is 2.73 bits per heavy atom. The molecule has 1 heterocycles. The van der Waals surface area contributed by atoms with E-state index in [1.165, 1.54) is 6.07 Å². The van der Waals surface area contributed by atoms with Crippen LogP contribution in [0.5, 0.6) is 0 Å². The number of halogens is 3. The number of hydrogen-bond acceptors (Lipinski definition) is 3. The fraction of sp³-hybridized carbons (Fsp3) is 0.533. The van der Waals surface area contributed by atoms with Gasteiger partial charge in [-0.25, -0.2) is 0 Å². The Morgan fingerprint density at radius 1 is 1.41 bits per heavy atom. The van der Waals surface area contributed by atoms with Crippen molar-refractivity contribution in [2.75, 3.05) is 26.3 Å². The van der Waals surface area contributed by atoms with Crippen molar-refractivity contribution >= 4 is 11.8 Å². The molecule has 0 spiro atoms. The quantitative estimate of drug-likeness (QED) is 0.871. The Hall–Kier alpha value is -1.60. The highest BCUT2D eigenvalue weighted by Gasteiger charge is 2.44. The number of fused-ring (bicyclic) bond motifs is 1. The summed E-state index contributed by atoms with van der Waals surface area (Å²) in [6.45, 7) is 2.28. The number of carbonyl (C=O) groups is 1. The van der Waals surface area contributed by atoms with Gasteiger partial charge >= 0.3 is 12.3 Å². The number of amides is 1. The number of aryl methyl sites for hydroxylation is 1. The van der Waals surface area contributed by atoms with Crippen molar-refractivity contribution in [3.05, 3.63) is 29.3 Å². The van der Waals surface area contributed by atoms with Gasteiger partial charge in [0, 0.05) is 18.1 Å². The zero-order valence-corrected chi connectivity index (χ0v) is 12.3. The smallest absolute Gasteiger partial charge is 0.417 e. The van der Waals surface area contributed by atoms with Gasteiger partial charge < -0.3 is 9.84 Å². The molecule has 2 rings (SSSR count). The number of carbonyl (C=O) groups excluding carboxylic acids is 1. The summed E-state index contributed by atoms with van der Waals surface area (Å²) in [4.78, 5) is 12.4. The first kappa shape index (κ1) is 16.8. The summed E-state index contributed by atoms with van der Waals surface area (Å²) in [6, 6.07) is 3.50. The van der Waals surface area contributed by atoms with Crippen LogP contribution in [0.4, 0.5) is 23.7 Å². The number of ether oxygens (including phenoxy) is 1. The first-order chi connectivity index (χ1) is 10.3. The van der Waals surface area contributed by atoms with Crippen LogP contribution in [0.3, 0.4) is 0 Å². The van der Waals surface area contributed by atoms with Gasteiger partial charge in [-0.2, -0.15) is 22.4 Å². The summed E-state index contributed by atoms with van der Waals surface area (Å²) in [5.74, 6) is 0. The molecule has 0 radical (unpaired) electrons. The van der Waals surface area contributed by atoms with E-state index in [2.05, 4.69) is 0 Å². The largest absolute Gasteiger partial charge is 0.521 e. The molecular weight excluding hydrogens is 299 g/mol. The second-order valence-corrected chi connectivity index (χ2v) is 5.29. The molecular formula is C15H19F3NO3+. The summed E-state index contributed by atoms with van der Waals surface area (Å²) >= 11 is 0. The van der Waals surface area contributed by atoms with Gasteiger partial charge in [0.25, 0.3) is 0 Å². The number of quaternary nitrogens is 1. The molecule has 1 aliphatic heterocycles. The van der Waals surface area contributed by atoms with E-state index in [0.29, 0.717) is 37.2 Å². The van der Waals surface area contributed by atoms with Crippen molar-refractivity contribution in [3.8, 4) is 0 Å². The number of alkyl halides is 3. The highest BCUT2D eigenvalue weighted by Crippen LogP contribution is 2.38. The van der Waals surface area contributed by atoms with Crippen LogP contribution in [0.2, 0.25) is 0 Å². The van der Waals surface area contributed by atoms with E-state index in [4.69, 9.17) is 9.84 Å². The van der Waals surface area contributed by atoms with Gasteiger partial charge in [0.05, 0.1) is 25.3 Å². The molecule has 0 aliphatic carbocycles. The number of benzene rings is 1. The molecule has 1 N–H and O–H groups in total. The Kier molecular flexibility index (Phi) is 4.77. The summed E-state index contributed by atoms with van der Waals surface area (Å²) < 4.78 is 43.4. The van der Waals surface area contributed by atoms with E-state index < -0.39 is 17.8 Å². The Bertz CT molecular complexity index is 559. The Balaban J connectivity index is 2.44. The van der Waals surface area contributed by atoms with Crippen molar-refractivity contribution in [2.24, 2.45) is 0 Å². The summed E-state index contributed by atoms with van der Waals surface area (Å²) in [6.07, 6.45) is -3.81. The highest BCUT2D eigenvalue weighted by molar-refractivity contribution is 5.84. The summed E-state index contributed by atoms with van der Waals surface area (Å²) in [5.41, 5.74) is 0.389. The molecule has 1 atom stereocenters.